The standard InChI is InChI=1S/C52H39N/c1-52(2)47-25-12-11-22-42(47)46-31-37(28-30-48(46)52)39-23-14-24-43-40-20-9-10-21-41(40)45-32-38(27-29-44(45)51(39)43)49-26-13-19-36(34-15-5-3-6-16-34)33-50(53-49)35-17-7-4-8-18-35/h3-12,14-25,27-33H,13,26H2,1-2H3/b36-19+,50-33-,53-49?. The van der Waals surface area contributed by atoms with Gasteiger partial charge in [-0.2, -0.15) is 0 Å². The second-order valence-electron chi connectivity index (χ2n) is 15.0. The minimum atomic E-state index is -0.0171. The predicted octanol–water partition coefficient (Wildman–Crippen LogP) is 13.8. The normalized spacial score (nSPS) is 16.9. The van der Waals surface area contributed by atoms with Gasteiger partial charge in [0.05, 0.1) is 5.70 Å². The van der Waals surface area contributed by atoms with Crippen molar-refractivity contribution in [2.24, 2.45) is 4.99 Å². The molecular formula is C52H39N. The zero-order chi connectivity index (χ0) is 35.5. The van der Waals surface area contributed by atoms with Crippen LogP contribution in [0, 0.1) is 0 Å². The van der Waals surface area contributed by atoms with Crippen molar-refractivity contribution in [1.82, 2.24) is 0 Å². The van der Waals surface area contributed by atoms with Gasteiger partial charge in [-0.05, 0) is 113 Å². The maximum Gasteiger partial charge on any atom is 0.0711 e. The second-order valence-corrected chi connectivity index (χ2v) is 15.0. The van der Waals surface area contributed by atoms with E-state index in [2.05, 4.69) is 190 Å². The van der Waals surface area contributed by atoms with Crippen molar-refractivity contribution in [3.8, 4) is 22.3 Å². The highest BCUT2D eigenvalue weighted by molar-refractivity contribution is 6.29. The molecule has 0 saturated carbocycles. The number of hydrogen-bond acceptors (Lipinski definition) is 1. The van der Waals surface area contributed by atoms with E-state index in [1.807, 2.05) is 0 Å². The van der Waals surface area contributed by atoms with Crippen LogP contribution in [-0.4, -0.2) is 5.71 Å². The number of allylic oxidation sites excluding steroid dienone is 3. The third kappa shape index (κ3) is 5.19. The van der Waals surface area contributed by atoms with Gasteiger partial charge >= 0.3 is 0 Å². The average molecular weight is 678 g/mol. The fourth-order valence-electron chi connectivity index (χ4n) is 8.91. The Morgan fingerprint density at radius 2 is 1.08 bits per heavy atom. The SMILES string of the molecule is CC1(C)c2ccccc2-c2cc(-c3cccc4c5ccccc5c5cc(C6=N/C(c7ccccc7)=C\C(c7ccccc7)=C/CC6)ccc5c34)ccc21. The van der Waals surface area contributed by atoms with Crippen molar-refractivity contribution in [2.45, 2.75) is 32.1 Å². The lowest BCUT2D eigenvalue weighted by Crippen LogP contribution is -2.14. The van der Waals surface area contributed by atoms with Crippen LogP contribution >= 0.6 is 0 Å². The summed E-state index contributed by atoms with van der Waals surface area (Å²) in [5, 5.41) is 7.68. The van der Waals surface area contributed by atoms with E-state index in [0.717, 1.165) is 29.8 Å². The van der Waals surface area contributed by atoms with Gasteiger partial charge in [-0.3, -0.25) is 4.99 Å². The summed E-state index contributed by atoms with van der Waals surface area (Å²) in [6.07, 6.45) is 6.41. The number of aliphatic imine (C=N–C) groups is 1. The highest BCUT2D eigenvalue weighted by Crippen LogP contribution is 2.50. The Bertz CT molecular complexity index is 2830. The molecule has 1 aliphatic carbocycles. The molecule has 8 aromatic carbocycles. The van der Waals surface area contributed by atoms with E-state index < -0.39 is 0 Å². The minimum Gasteiger partial charge on any atom is -0.252 e. The van der Waals surface area contributed by atoms with Gasteiger partial charge < -0.3 is 0 Å². The van der Waals surface area contributed by atoms with Crippen LogP contribution in [0.4, 0.5) is 0 Å². The molecule has 1 heteroatoms. The maximum absolute atomic E-state index is 5.47. The van der Waals surface area contributed by atoms with E-state index in [0.29, 0.717) is 0 Å². The van der Waals surface area contributed by atoms with Crippen molar-refractivity contribution in [1.29, 1.82) is 0 Å². The van der Waals surface area contributed by atoms with Crippen LogP contribution in [0.15, 0.2) is 181 Å². The second kappa shape index (κ2) is 12.4. The quantitative estimate of drug-likeness (QED) is 0.164. The molecule has 10 rings (SSSR count). The van der Waals surface area contributed by atoms with Gasteiger partial charge in [0, 0.05) is 16.7 Å². The highest BCUT2D eigenvalue weighted by atomic mass is 14.8. The largest absolute Gasteiger partial charge is 0.252 e. The number of hydrogen-bond donors (Lipinski definition) is 0. The van der Waals surface area contributed by atoms with Crippen LogP contribution in [0.25, 0.3) is 65.8 Å². The summed E-state index contributed by atoms with van der Waals surface area (Å²) < 4.78 is 0. The van der Waals surface area contributed by atoms with E-state index in [9.17, 15) is 0 Å². The number of nitrogens with zero attached hydrogens (tertiary/aromatic N) is 1. The molecule has 1 aliphatic heterocycles. The monoisotopic (exact) mass is 677 g/mol. The molecule has 2 aliphatic rings. The predicted molar refractivity (Wildman–Crippen MR) is 227 cm³/mol. The smallest absolute Gasteiger partial charge is 0.0711 e. The summed E-state index contributed by atoms with van der Waals surface area (Å²) in [5.74, 6) is 0. The Kier molecular flexibility index (Phi) is 7.37. The molecular weight excluding hydrogens is 639 g/mol. The molecule has 8 aromatic rings. The molecule has 53 heavy (non-hydrogen) atoms. The van der Waals surface area contributed by atoms with Gasteiger partial charge in [0.15, 0.2) is 0 Å². The first-order valence-corrected chi connectivity index (χ1v) is 18.8. The van der Waals surface area contributed by atoms with Crippen LogP contribution in [0.5, 0.6) is 0 Å². The van der Waals surface area contributed by atoms with E-state index in [-0.39, 0.29) is 5.41 Å². The summed E-state index contributed by atoms with van der Waals surface area (Å²) in [6, 6.07) is 60.1. The summed E-state index contributed by atoms with van der Waals surface area (Å²) in [6.45, 7) is 4.70. The first-order chi connectivity index (χ1) is 26.0. The summed E-state index contributed by atoms with van der Waals surface area (Å²) >= 11 is 0. The Morgan fingerprint density at radius 3 is 1.89 bits per heavy atom. The van der Waals surface area contributed by atoms with Crippen LogP contribution < -0.4 is 0 Å². The van der Waals surface area contributed by atoms with Gasteiger partial charge in [-0.1, -0.05) is 172 Å². The maximum atomic E-state index is 5.47. The molecule has 252 valence electrons. The van der Waals surface area contributed by atoms with Crippen molar-refractivity contribution >= 4 is 49.3 Å². The van der Waals surface area contributed by atoms with Gasteiger partial charge in [0.1, 0.15) is 0 Å². The van der Waals surface area contributed by atoms with E-state index in [1.54, 1.807) is 0 Å². The van der Waals surface area contributed by atoms with Crippen LogP contribution in [0.2, 0.25) is 0 Å². The van der Waals surface area contributed by atoms with Crippen molar-refractivity contribution in [3.63, 3.8) is 0 Å². The molecule has 1 heterocycles. The molecule has 0 bridgehead atoms. The molecule has 0 aromatic heterocycles. The van der Waals surface area contributed by atoms with Crippen molar-refractivity contribution < 1.29 is 0 Å². The molecule has 0 unspecified atom stereocenters. The molecule has 1 nitrogen and oxygen atoms in total. The Morgan fingerprint density at radius 1 is 0.453 bits per heavy atom. The molecule has 0 amide bonds. The topological polar surface area (TPSA) is 12.4 Å². The van der Waals surface area contributed by atoms with Gasteiger partial charge in [0.2, 0.25) is 0 Å². The molecule has 0 fully saturated rings. The first kappa shape index (κ1) is 31.4. The molecule has 0 spiro atoms. The lowest BCUT2D eigenvalue weighted by atomic mass is 9.82. The van der Waals surface area contributed by atoms with E-state index in [4.69, 9.17) is 4.99 Å². The van der Waals surface area contributed by atoms with Crippen molar-refractivity contribution in [2.75, 3.05) is 0 Å². The Balaban J connectivity index is 1.17. The lowest BCUT2D eigenvalue weighted by molar-refractivity contribution is 0.660. The Hall–Kier alpha value is -6.31. The highest BCUT2D eigenvalue weighted by Gasteiger charge is 2.35. The zero-order valence-electron chi connectivity index (χ0n) is 30.1. The Labute approximate surface area is 311 Å². The lowest BCUT2D eigenvalue weighted by Gasteiger charge is -2.21. The minimum absolute atomic E-state index is 0.0171. The van der Waals surface area contributed by atoms with Gasteiger partial charge in [0.25, 0.3) is 0 Å². The average Bonchev–Trinajstić information content (AvgIpc) is 3.43. The third-order valence-corrected chi connectivity index (χ3v) is 11.6. The van der Waals surface area contributed by atoms with Crippen LogP contribution in [0.1, 0.15) is 54.5 Å². The van der Waals surface area contributed by atoms with Gasteiger partial charge in [-0.15, -0.1) is 0 Å². The van der Waals surface area contributed by atoms with E-state index in [1.165, 1.54) is 82.4 Å². The first-order valence-electron chi connectivity index (χ1n) is 18.8. The molecule has 0 atom stereocenters. The number of benzene rings is 8. The van der Waals surface area contributed by atoms with Gasteiger partial charge in [-0.25, -0.2) is 0 Å². The fourth-order valence-corrected chi connectivity index (χ4v) is 8.91. The van der Waals surface area contributed by atoms with Crippen molar-refractivity contribution in [3.05, 3.63) is 204 Å². The summed E-state index contributed by atoms with van der Waals surface area (Å²) in [5.41, 5.74) is 14.8. The number of rotatable bonds is 4. The van der Waals surface area contributed by atoms with Crippen LogP contribution in [-0.2, 0) is 5.41 Å². The van der Waals surface area contributed by atoms with Crippen LogP contribution in [0.3, 0.4) is 0 Å². The fraction of sp³-hybridized carbons (Fsp3) is 0.0962. The van der Waals surface area contributed by atoms with E-state index >= 15 is 0 Å². The summed E-state index contributed by atoms with van der Waals surface area (Å²) in [4.78, 5) is 5.47. The summed E-state index contributed by atoms with van der Waals surface area (Å²) in [7, 11) is 0. The zero-order valence-corrected chi connectivity index (χ0v) is 30.1. The molecule has 0 N–H and O–H groups in total. The molecule has 0 saturated heterocycles. The number of fused-ring (bicyclic) bond motifs is 9. The third-order valence-electron chi connectivity index (χ3n) is 11.6. The molecule has 0 radical (unpaired) electrons.